The number of hydrogen-bond donors (Lipinski definition) is 1. The molecule has 20 heavy (non-hydrogen) atoms. The van der Waals surface area contributed by atoms with Crippen molar-refractivity contribution in [2.24, 2.45) is 15.9 Å². The second-order valence-corrected chi connectivity index (χ2v) is 5.05. The van der Waals surface area contributed by atoms with E-state index in [-0.39, 0.29) is 6.04 Å². The highest BCUT2D eigenvalue weighted by Crippen LogP contribution is 2.05. The fraction of sp³-hybridized carbons (Fsp3) is 0.500. The minimum Gasteiger partial charge on any atom is -0.383 e. The van der Waals surface area contributed by atoms with Gasteiger partial charge in [0, 0.05) is 20.3 Å². The Morgan fingerprint density at radius 1 is 1.35 bits per heavy atom. The lowest BCUT2D eigenvalue weighted by molar-refractivity contribution is -2.00. The van der Waals surface area contributed by atoms with Crippen LogP contribution in [0, 0.1) is 10.2 Å². The van der Waals surface area contributed by atoms with Crippen LogP contribution >= 0.6 is 0 Å². The molecule has 1 heterocycles. The third-order valence-electron chi connectivity index (χ3n) is 1.80. The van der Waals surface area contributed by atoms with E-state index in [1.165, 1.54) is 0 Å². The van der Waals surface area contributed by atoms with Gasteiger partial charge in [0.2, 0.25) is 0 Å². The van der Waals surface area contributed by atoms with Crippen LogP contribution in [0.5, 0.6) is 0 Å². The van der Waals surface area contributed by atoms with E-state index < -0.39 is 10.2 Å². The highest BCUT2D eigenvalue weighted by atomic mass is 35.7. The van der Waals surface area contributed by atoms with Crippen molar-refractivity contribution in [3.63, 3.8) is 0 Å². The molecule has 2 N–H and O–H groups in total. The summed E-state index contributed by atoms with van der Waals surface area (Å²) < 4.78 is 35.9. The fourth-order valence-corrected chi connectivity index (χ4v) is 1.28. The van der Waals surface area contributed by atoms with Crippen molar-refractivity contribution in [2.45, 2.75) is 6.04 Å². The first-order valence-corrected chi connectivity index (χ1v) is 6.62. The predicted octanol–water partition coefficient (Wildman–Crippen LogP) is -5.21. The summed E-state index contributed by atoms with van der Waals surface area (Å²) in [6.45, 7) is 0. The van der Waals surface area contributed by atoms with Crippen LogP contribution in [0.3, 0.4) is 0 Å². The van der Waals surface area contributed by atoms with E-state index in [9.17, 15) is 0 Å². The molecular weight excluding hydrogens is 290 g/mol. The van der Waals surface area contributed by atoms with Gasteiger partial charge in [-0.1, -0.05) is 0 Å². The lowest BCUT2D eigenvalue weighted by Gasteiger charge is -2.17. The molecule has 0 fully saturated rings. The van der Waals surface area contributed by atoms with E-state index in [0.29, 0.717) is 0 Å². The fourth-order valence-electron chi connectivity index (χ4n) is 1.28. The largest absolute Gasteiger partial charge is 0.383 e. The number of hydrogen-bond acceptors (Lipinski definition) is 8. The van der Waals surface area contributed by atoms with Gasteiger partial charge >= 0.3 is 0 Å². The Morgan fingerprint density at radius 2 is 1.85 bits per heavy atom. The maximum atomic E-state index is 8.49. The first-order chi connectivity index (χ1) is 9.00. The van der Waals surface area contributed by atoms with Gasteiger partial charge in [0.05, 0.1) is 23.5 Å². The Kier molecular flexibility index (Phi) is 7.50. The van der Waals surface area contributed by atoms with Gasteiger partial charge in [0.25, 0.3) is 0 Å². The summed E-state index contributed by atoms with van der Waals surface area (Å²) >= 11 is 0. The van der Waals surface area contributed by atoms with Gasteiger partial charge in [-0.2, -0.15) is 10.2 Å². The first kappa shape index (κ1) is 18.6. The van der Waals surface area contributed by atoms with E-state index in [1.54, 1.807) is 6.21 Å². The van der Waals surface area contributed by atoms with Gasteiger partial charge in [-0.05, 0) is 0 Å². The van der Waals surface area contributed by atoms with Crippen molar-refractivity contribution in [1.29, 1.82) is 0 Å². The third kappa shape index (κ3) is 9.55. The van der Waals surface area contributed by atoms with E-state index in [2.05, 4.69) is 10.2 Å². The van der Waals surface area contributed by atoms with Crippen molar-refractivity contribution in [3.05, 3.63) is 11.8 Å². The first-order valence-electron chi connectivity index (χ1n) is 5.39. The molecule has 0 aromatic heterocycles. The smallest absolute Gasteiger partial charge is 0.173 e. The van der Waals surface area contributed by atoms with Crippen LogP contribution in [0.4, 0.5) is 0 Å². The van der Waals surface area contributed by atoms with Gasteiger partial charge in [-0.3, -0.25) is 0 Å². The maximum absolute atomic E-state index is 8.49. The van der Waals surface area contributed by atoms with Crippen LogP contribution in [0.1, 0.15) is 0 Å². The summed E-state index contributed by atoms with van der Waals surface area (Å²) in [5, 5.41) is 7.85. The molecule has 0 aliphatic carbocycles. The van der Waals surface area contributed by atoms with Crippen molar-refractivity contribution in [2.75, 3.05) is 28.2 Å². The molecule has 0 amide bonds. The van der Waals surface area contributed by atoms with Crippen molar-refractivity contribution < 1.29 is 33.5 Å². The summed E-state index contributed by atoms with van der Waals surface area (Å²) in [4.78, 5) is 1.96. The molecule has 0 spiro atoms. The van der Waals surface area contributed by atoms with E-state index in [1.807, 2.05) is 50.1 Å². The van der Waals surface area contributed by atoms with Crippen molar-refractivity contribution in [3.8, 4) is 0 Å². The van der Waals surface area contributed by atoms with Gasteiger partial charge in [-0.25, -0.2) is 23.2 Å². The zero-order valence-electron chi connectivity index (χ0n) is 11.7. The molecule has 114 valence electrons. The molecule has 9 nitrogen and oxygen atoms in total. The summed E-state index contributed by atoms with van der Waals surface area (Å²) in [6, 6.07) is -0.201. The van der Waals surface area contributed by atoms with Gasteiger partial charge < -0.3 is 10.6 Å². The molecule has 1 aliphatic heterocycles. The summed E-state index contributed by atoms with van der Waals surface area (Å²) in [5.41, 5.74) is 7.64. The zero-order valence-corrected chi connectivity index (χ0v) is 12.4. The summed E-state index contributed by atoms with van der Waals surface area (Å²) in [5.74, 6) is 0. The molecule has 0 saturated heterocycles. The lowest BCUT2D eigenvalue weighted by atomic mass is 10.1. The molecule has 1 aliphatic rings. The van der Waals surface area contributed by atoms with Crippen LogP contribution in [0.25, 0.3) is 0 Å². The SMILES string of the molecule is CN(C)/C=C(\C=[N+](C)C)C1=NN=CC1N.[O-][Cl+3]([O-])([O-])[O-]. The Morgan fingerprint density at radius 3 is 2.15 bits per heavy atom. The highest BCUT2D eigenvalue weighted by Gasteiger charge is 2.19. The third-order valence-corrected chi connectivity index (χ3v) is 1.80. The summed E-state index contributed by atoms with van der Waals surface area (Å²) in [7, 11) is 2.91. The van der Waals surface area contributed by atoms with Crippen LogP contribution < -0.4 is 24.4 Å². The second kappa shape index (κ2) is 8.04. The number of nitrogens with zero attached hydrogens (tertiary/aromatic N) is 4. The number of rotatable bonds is 3. The molecular formula is C10H18ClN5O4. The Hall–Kier alpha value is -1.36. The standard InChI is InChI=1S/C10H18N5.ClHO4/c1-14(2)6-8(7-15(3)4)10-9(11)5-12-13-10;2-1(3,4)5/h5-7,9H,11H2,1-4H3;(H,2,3,4,5)/q+1;/p-1. The molecule has 1 atom stereocenters. The molecule has 1 rings (SSSR count). The average molecular weight is 308 g/mol. The molecule has 0 saturated carbocycles. The van der Waals surface area contributed by atoms with Crippen molar-refractivity contribution in [1.82, 2.24) is 4.90 Å². The average Bonchev–Trinajstić information content (AvgIpc) is 2.59. The van der Waals surface area contributed by atoms with Gasteiger partial charge in [0.1, 0.15) is 14.1 Å². The van der Waals surface area contributed by atoms with Crippen LogP contribution in [-0.4, -0.2) is 61.8 Å². The van der Waals surface area contributed by atoms with Crippen molar-refractivity contribution >= 4 is 18.1 Å². The van der Waals surface area contributed by atoms with Crippen LogP contribution in [0.15, 0.2) is 22.0 Å². The Balaban J connectivity index is 0.000000621. The quantitative estimate of drug-likeness (QED) is 0.407. The van der Waals surface area contributed by atoms with E-state index in [0.717, 1.165) is 11.3 Å². The lowest BCUT2D eigenvalue weighted by Crippen LogP contribution is -2.68. The zero-order chi connectivity index (χ0) is 15.9. The summed E-state index contributed by atoms with van der Waals surface area (Å²) in [6.07, 6.45) is 5.60. The Bertz CT molecular complexity index is 429. The maximum Gasteiger partial charge on any atom is 0.173 e. The molecule has 0 bridgehead atoms. The van der Waals surface area contributed by atoms with Gasteiger partial charge in [0.15, 0.2) is 6.21 Å². The van der Waals surface area contributed by atoms with E-state index >= 15 is 0 Å². The molecule has 0 radical (unpaired) electrons. The second-order valence-electron chi connectivity index (χ2n) is 4.29. The molecule has 1 unspecified atom stereocenters. The van der Waals surface area contributed by atoms with E-state index in [4.69, 9.17) is 24.4 Å². The minimum atomic E-state index is -4.94. The predicted molar refractivity (Wildman–Crippen MR) is 63.8 cm³/mol. The topological polar surface area (TPSA) is 149 Å². The highest BCUT2D eigenvalue weighted by molar-refractivity contribution is 6.23. The molecule has 10 heteroatoms. The van der Waals surface area contributed by atoms with Crippen LogP contribution in [-0.2, 0) is 0 Å². The minimum absolute atomic E-state index is 0.201. The molecule has 0 aromatic rings. The monoisotopic (exact) mass is 307 g/mol. The molecule has 0 aromatic carbocycles. The van der Waals surface area contributed by atoms with Gasteiger partial charge in [-0.15, -0.1) is 10.2 Å². The number of halogens is 1. The Labute approximate surface area is 119 Å². The van der Waals surface area contributed by atoms with Crippen LogP contribution in [0.2, 0.25) is 0 Å². The normalized spacial score (nSPS) is 18.1. The number of nitrogens with two attached hydrogens (primary N) is 1.